The minimum Gasteiger partial charge on any atom is -0.493 e. The van der Waals surface area contributed by atoms with Crippen LogP contribution >= 0.6 is 0 Å². The third-order valence-corrected chi connectivity index (χ3v) is 7.70. The Bertz CT molecular complexity index is 2170. The van der Waals surface area contributed by atoms with Crippen LogP contribution in [0.25, 0.3) is 10.9 Å². The Balaban J connectivity index is 1.26. The molecule has 9 nitrogen and oxygen atoms in total. The lowest BCUT2D eigenvalue weighted by molar-refractivity contribution is -0.137. The van der Waals surface area contributed by atoms with Gasteiger partial charge in [-0.05, 0) is 60.2 Å². The minimum atomic E-state index is -4.50. The summed E-state index contributed by atoms with van der Waals surface area (Å²) < 4.78 is 57.6. The maximum Gasteiger partial charge on any atom is 0.416 e. The van der Waals surface area contributed by atoms with E-state index in [2.05, 4.69) is 15.3 Å². The first-order valence-corrected chi connectivity index (χ1v) is 15.0. The highest BCUT2D eigenvalue weighted by Crippen LogP contribution is 2.37. The largest absolute Gasteiger partial charge is 0.493 e. The van der Waals surface area contributed by atoms with Gasteiger partial charge < -0.3 is 24.1 Å². The predicted octanol–water partition coefficient (Wildman–Crippen LogP) is 7.84. The molecule has 0 aliphatic rings. The summed E-state index contributed by atoms with van der Waals surface area (Å²) in [5, 5.41) is 3.64. The molecule has 6 rings (SSSR count). The Morgan fingerprint density at radius 1 is 0.857 bits per heavy atom. The number of benzene rings is 3. The lowest BCUT2D eigenvalue weighted by Crippen LogP contribution is -2.28. The van der Waals surface area contributed by atoms with E-state index in [9.17, 15) is 22.8 Å². The highest BCUT2D eigenvalue weighted by atomic mass is 19.4. The zero-order valence-electron chi connectivity index (χ0n) is 26.3. The van der Waals surface area contributed by atoms with Crippen LogP contribution in [0, 0.1) is 0 Å². The van der Waals surface area contributed by atoms with Gasteiger partial charge in [0.1, 0.15) is 17.1 Å². The summed E-state index contributed by atoms with van der Waals surface area (Å²) in [5.41, 5.74) is 0.785. The van der Waals surface area contributed by atoms with Gasteiger partial charge in [-0.1, -0.05) is 30.3 Å². The molecule has 0 bridgehead atoms. The van der Waals surface area contributed by atoms with E-state index in [4.69, 9.17) is 14.2 Å². The second-order valence-corrected chi connectivity index (χ2v) is 10.9. The molecule has 1 N–H and O–H groups in total. The van der Waals surface area contributed by atoms with Gasteiger partial charge in [-0.3, -0.25) is 19.6 Å². The molecule has 3 heterocycles. The highest BCUT2D eigenvalue weighted by molar-refractivity contribution is 6.02. The summed E-state index contributed by atoms with van der Waals surface area (Å²) in [4.78, 5) is 36.3. The predicted molar refractivity (Wildman–Crippen MR) is 178 cm³/mol. The maximum atomic E-state index is 13.8. The van der Waals surface area contributed by atoms with E-state index in [0.717, 1.165) is 17.7 Å². The Labute approximate surface area is 278 Å². The van der Waals surface area contributed by atoms with Crippen LogP contribution in [-0.4, -0.2) is 34.5 Å². The number of rotatable bonds is 11. The molecule has 3 aromatic carbocycles. The lowest BCUT2D eigenvalue weighted by Gasteiger charge is -2.15. The number of hydrogen-bond donors (Lipinski definition) is 1. The molecule has 0 saturated heterocycles. The molecule has 3 aromatic heterocycles. The lowest BCUT2D eigenvalue weighted by atomic mass is 10.0. The number of fused-ring (bicyclic) bond motifs is 1. The van der Waals surface area contributed by atoms with Crippen LogP contribution in [0.4, 0.5) is 24.5 Å². The monoisotopic (exact) mass is 666 g/mol. The van der Waals surface area contributed by atoms with Crippen molar-refractivity contribution in [3.8, 4) is 23.0 Å². The van der Waals surface area contributed by atoms with Crippen molar-refractivity contribution in [2.75, 3.05) is 19.5 Å². The normalized spacial score (nSPS) is 11.3. The molecule has 0 unspecified atom stereocenters. The first kappa shape index (κ1) is 32.8. The van der Waals surface area contributed by atoms with Crippen molar-refractivity contribution in [2.45, 2.75) is 19.1 Å². The summed E-state index contributed by atoms with van der Waals surface area (Å²) in [5.74, 6) is 1.41. The van der Waals surface area contributed by atoms with Crippen LogP contribution < -0.4 is 25.1 Å². The van der Waals surface area contributed by atoms with Gasteiger partial charge in [0.15, 0.2) is 17.3 Å². The summed E-state index contributed by atoms with van der Waals surface area (Å²) in [7, 11) is 3.07. The van der Waals surface area contributed by atoms with Gasteiger partial charge in [-0.2, -0.15) is 13.2 Å². The van der Waals surface area contributed by atoms with Crippen molar-refractivity contribution in [2.24, 2.45) is 0 Å². The number of ketones is 1. The molecule has 0 amide bonds. The number of nitrogens with zero attached hydrogens (tertiary/aromatic N) is 3. The number of aromatic nitrogens is 3. The van der Waals surface area contributed by atoms with Gasteiger partial charge in [-0.25, -0.2) is 0 Å². The van der Waals surface area contributed by atoms with Gasteiger partial charge in [-0.15, -0.1) is 0 Å². The van der Waals surface area contributed by atoms with Gasteiger partial charge in [0.25, 0.3) is 5.56 Å². The number of hydrogen-bond acceptors (Lipinski definition) is 8. The van der Waals surface area contributed by atoms with Crippen molar-refractivity contribution in [3.05, 3.63) is 142 Å². The van der Waals surface area contributed by atoms with Crippen LogP contribution in [0.15, 0.2) is 114 Å². The second kappa shape index (κ2) is 13.9. The van der Waals surface area contributed by atoms with E-state index in [-0.39, 0.29) is 29.9 Å². The van der Waals surface area contributed by atoms with Gasteiger partial charge in [0, 0.05) is 35.2 Å². The zero-order valence-corrected chi connectivity index (χ0v) is 26.3. The standard InChI is InChI=1S/C37H29F3N4O5/c1-47-33-19-28-30(20-34(33)48-2)41-16-14-32(28)49-27-13-12-26(42-21-27)18-31(45)35-29(43-25-10-8-24(9-11-25)37(38,39)40)15-17-44(36(35)46)22-23-6-4-3-5-7-23/h3-17,19-21,43H,18,22H2,1-2H3. The molecule has 12 heteroatoms. The smallest absolute Gasteiger partial charge is 0.416 e. The van der Waals surface area contributed by atoms with E-state index in [1.807, 2.05) is 30.3 Å². The topological polar surface area (TPSA) is 105 Å². The molecular formula is C37H29F3N4O5. The van der Waals surface area contributed by atoms with Crippen molar-refractivity contribution < 1.29 is 32.2 Å². The molecule has 0 fully saturated rings. The molecule has 49 heavy (non-hydrogen) atoms. The summed E-state index contributed by atoms with van der Waals surface area (Å²) in [6.45, 7) is 0.215. The summed E-state index contributed by atoms with van der Waals surface area (Å²) in [6.07, 6.45) is -0.113. The van der Waals surface area contributed by atoms with Gasteiger partial charge in [0.2, 0.25) is 0 Å². The Hall–Kier alpha value is -6.17. The Morgan fingerprint density at radius 2 is 1.59 bits per heavy atom. The SMILES string of the molecule is COc1cc2nccc(Oc3ccc(CC(=O)c4c(Nc5ccc(C(F)(F)F)cc5)ccn(Cc5ccccc5)c4=O)nc3)c2cc1OC. The van der Waals surface area contributed by atoms with Gasteiger partial charge >= 0.3 is 6.18 Å². The van der Waals surface area contributed by atoms with E-state index < -0.39 is 23.1 Å². The fraction of sp³-hybridized carbons (Fsp3) is 0.135. The molecule has 0 aliphatic carbocycles. The molecule has 248 valence electrons. The van der Waals surface area contributed by atoms with Crippen LogP contribution in [0.2, 0.25) is 0 Å². The van der Waals surface area contributed by atoms with E-state index >= 15 is 0 Å². The quantitative estimate of drug-likeness (QED) is 0.140. The molecule has 0 atom stereocenters. The van der Waals surface area contributed by atoms with E-state index in [1.54, 1.807) is 42.6 Å². The number of carbonyl (C=O) groups excluding carboxylic acids is 1. The zero-order chi connectivity index (χ0) is 34.5. The number of Topliss-reactive ketones (excluding diaryl/α,β-unsaturated/α-hetero) is 1. The van der Waals surface area contributed by atoms with Crippen molar-refractivity contribution in [1.29, 1.82) is 0 Å². The minimum absolute atomic E-state index is 0.145. The van der Waals surface area contributed by atoms with Crippen molar-refractivity contribution >= 4 is 28.1 Å². The first-order valence-electron chi connectivity index (χ1n) is 15.0. The molecule has 0 aliphatic heterocycles. The van der Waals surface area contributed by atoms with Crippen LogP contribution in [0.1, 0.15) is 27.2 Å². The number of alkyl halides is 3. The van der Waals surface area contributed by atoms with Gasteiger partial charge in [0.05, 0.1) is 50.1 Å². The van der Waals surface area contributed by atoms with Crippen LogP contribution in [-0.2, 0) is 19.1 Å². The number of carbonyl (C=O) groups is 1. The number of nitrogens with one attached hydrogen (secondary N) is 1. The highest BCUT2D eigenvalue weighted by Gasteiger charge is 2.30. The number of pyridine rings is 3. The third-order valence-electron chi connectivity index (χ3n) is 7.70. The fourth-order valence-corrected chi connectivity index (χ4v) is 5.24. The number of ether oxygens (including phenoxy) is 3. The molecule has 0 saturated carbocycles. The second-order valence-electron chi connectivity index (χ2n) is 10.9. The average Bonchev–Trinajstić information content (AvgIpc) is 3.10. The summed E-state index contributed by atoms with van der Waals surface area (Å²) >= 11 is 0. The molecule has 0 radical (unpaired) electrons. The van der Waals surface area contributed by atoms with E-state index in [0.29, 0.717) is 39.6 Å². The number of halogens is 3. The third kappa shape index (κ3) is 7.38. The fourth-order valence-electron chi connectivity index (χ4n) is 5.24. The number of methoxy groups -OCH3 is 2. The first-order chi connectivity index (χ1) is 23.6. The summed E-state index contributed by atoms with van der Waals surface area (Å²) in [6, 6.07) is 23.6. The van der Waals surface area contributed by atoms with Crippen LogP contribution in [0.3, 0.4) is 0 Å². The average molecular weight is 667 g/mol. The van der Waals surface area contributed by atoms with Crippen molar-refractivity contribution in [3.63, 3.8) is 0 Å². The Kier molecular flexibility index (Phi) is 9.29. The molecule has 0 spiro atoms. The Morgan fingerprint density at radius 3 is 2.27 bits per heavy atom. The van der Waals surface area contributed by atoms with Crippen molar-refractivity contribution in [1.82, 2.24) is 14.5 Å². The van der Waals surface area contributed by atoms with Crippen LogP contribution in [0.5, 0.6) is 23.0 Å². The number of anilines is 2. The molecule has 6 aromatic rings. The van der Waals surface area contributed by atoms with E-state index in [1.165, 1.54) is 43.3 Å². The maximum absolute atomic E-state index is 13.8. The molecular weight excluding hydrogens is 637 g/mol.